The molecule has 20 heavy (non-hydrogen) atoms. The fourth-order valence-electron chi connectivity index (χ4n) is 2.66. The molecule has 0 spiro atoms. The van der Waals surface area contributed by atoms with Gasteiger partial charge in [0.05, 0.1) is 5.75 Å². The summed E-state index contributed by atoms with van der Waals surface area (Å²) >= 11 is 1.50. The Morgan fingerprint density at radius 1 is 1.45 bits per heavy atom. The van der Waals surface area contributed by atoms with Gasteiger partial charge in [-0.2, -0.15) is 0 Å². The van der Waals surface area contributed by atoms with Gasteiger partial charge in [-0.15, -0.1) is 11.8 Å². The lowest BCUT2D eigenvalue weighted by atomic mass is 9.78. The van der Waals surface area contributed by atoms with Gasteiger partial charge in [-0.25, -0.2) is 4.98 Å². The van der Waals surface area contributed by atoms with Crippen molar-refractivity contribution in [3.8, 4) is 0 Å². The van der Waals surface area contributed by atoms with Crippen LogP contribution < -0.4 is 11.1 Å². The molecule has 0 bridgehead atoms. The molecule has 1 saturated carbocycles. The maximum Gasteiger partial charge on any atom is 0.230 e. The number of nitrogens with zero attached hydrogens (tertiary/aromatic N) is 1. The smallest absolute Gasteiger partial charge is 0.230 e. The van der Waals surface area contributed by atoms with E-state index in [0.29, 0.717) is 29.4 Å². The van der Waals surface area contributed by atoms with E-state index >= 15 is 0 Å². The molecular weight excluding hydrogens is 270 g/mol. The van der Waals surface area contributed by atoms with E-state index in [1.165, 1.54) is 24.6 Å². The first-order valence-corrected chi connectivity index (χ1v) is 8.18. The maximum atomic E-state index is 12.0. The highest BCUT2D eigenvalue weighted by atomic mass is 32.2. The first-order chi connectivity index (χ1) is 9.56. The number of nitrogens with one attached hydrogen (secondary N) is 1. The van der Waals surface area contributed by atoms with Crippen molar-refractivity contribution >= 4 is 23.5 Å². The van der Waals surface area contributed by atoms with Gasteiger partial charge in [0.2, 0.25) is 5.91 Å². The molecule has 1 amide bonds. The first-order valence-electron chi connectivity index (χ1n) is 7.20. The third-order valence-electron chi connectivity index (χ3n) is 4.18. The van der Waals surface area contributed by atoms with Gasteiger partial charge in [0.25, 0.3) is 0 Å². The molecule has 1 fully saturated rings. The van der Waals surface area contributed by atoms with E-state index in [9.17, 15) is 4.79 Å². The van der Waals surface area contributed by atoms with Crippen LogP contribution in [0.25, 0.3) is 0 Å². The fraction of sp³-hybridized carbons (Fsp3) is 0.600. The van der Waals surface area contributed by atoms with Gasteiger partial charge in [0.15, 0.2) is 0 Å². The molecule has 1 heterocycles. The number of nitrogens with two attached hydrogens (primary N) is 1. The van der Waals surface area contributed by atoms with E-state index in [1.54, 1.807) is 12.3 Å². The lowest BCUT2D eigenvalue weighted by Gasteiger charge is -2.34. The van der Waals surface area contributed by atoms with Gasteiger partial charge in [0.1, 0.15) is 5.82 Å². The summed E-state index contributed by atoms with van der Waals surface area (Å²) in [6, 6.07) is 3.98. The summed E-state index contributed by atoms with van der Waals surface area (Å²) in [5, 5.41) is 3.18. The standard InChI is InChI=1S/C15H23N3OS/c1-10-4-3-5-13(11(10)2)18-15(19)9-20-12-6-7-14(16)17-8-12/h6-8,10-11,13H,3-5,9H2,1-2H3,(H2,16,17)(H,18,19). The van der Waals surface area contributed by atoms with Gasteiger partial charge in [-0.1, -0.05) is 26.7 Å². The van der Waals surface area contributed by atoms with Crippen molar-refractivity contribution in [3.05, 3.63) is 18.3 Å². The number of pyridine rings is 1. The van der Waals surface area contributed by atoms with Crippen LogP contribution in [-0.4, -0.2) is 22.7 Å². The van der Waals surface area contributed by atoms with Gasteiger partial charge in [0, 0.05) is 17.1 Å². The van der Waals surface area contributed by atoms with Crippen LogP contribution in [0.2, 0.25) is 0 Å². The van der Waals surface area contributed by atoms with Crippen molar-refractivity contribution in [1.82, 2.24) is 10.3 Å². The number of nitrogen functional groups attached to an aromatic ring is 1. The SMILES string of the molecule is CC1CCCC(NC(=O)CSc2ccc(N)nc2)C1C. The molecule has 0 aliphatic heterocycles. The summed E-state index contributed by atoms with van der Waals surface area (Å²) in [4.78, 5) is 17.0. The van der Waals surface area contributed by atoms with Crippen LogP contribution in [0.15, 0.2) is 23.2 Å². The van der Waals surface area contributed by atoms with E-state index in [2.05, 4.69) is 24.1 Å². The van der Waals surface area contributed by atoms with Crippen LogP contribution in [0, 0.1) is 11.8 Å². The van der Waals surface area contributed by atoms with Gasteiger partial charge < -0.3 is 11.1 Å². The van der Waals surface area contributed by atoms with Crippen LogP contribution in [-0.2, 0) is 4.79 Å². The molecule has 0 saturated heterocycles. The normalized spacial score (nSPS) is 26.2. The Bertz CT molecular complexity index is 449. The average Bonchev–Trinajstić information content (AvgIpc) is 2.43. The predicted octanol–water partition coefficient (Wildman–Crippen LogP) is 2.70. The van der Waals surface area contributed by atoms with E-state index in [4.69, 9.17) is 5.73 Å². The van der Waals surface area contributed by atoms with Gasteiger partial charge in [-0.05, 0) is 30.4 Å². The summed E-state index contributed by atoms with van der Waals surface area (Å²) in [5.41, 5.74) is 5.53. The Morgan fingerprint density at radius 2 is 2.25 bits per heavy atom. The van der Waals surface area contributed by atoms with E-state index in [0.717, 1.165) is 11.3 Å². The largest absolute Gasteiger partial charge is 0.384 e. The van der Waals surface area contributed by atoms with Crippen molar-refractivity contribution in [2.75, 3.05) is 11.5 Å². The number of aromatic nitrogens is 1. The molecular formula is C15H23N3OS. The molecule has 3 N–H and O–H groups in total. The van der Waals surface area contributed by atoms with Crippen LogP contribution in [0.3, 0.4) is 0 Å². The van der Waals surface area contributed by atoms with Gasteiger partial charge in [-0.3, -0.25) is 4.79 Å². The molecule has 4 nitrogen and oxygen atoms in total. The van der Waals surface area contributed by atoms with Crippen molar-refractivity contribution in [3.63, 3.8) is 0 Å². The second-order valence-corrected chi connectivity index (χ2v) is 6.70. The van der Waals surface area contributed by atoms with E-state index < -0.39 is 0 Å². The number of hydrogen-bond acceptors (Lipinski definition) is 4. The van der Waals surface area contributed by atoms with Crippen molar-refractivity contribution in [2.45, 2.75) is 44.0 Å². The third kappa shape index (κ3) is 4.13. The highest BCUT2D eigenvalue weighted by molar-refractivity contribution is 8.00. The number of hydrogen-bond donors (Lipinski definition) is 2. The summed E-state index contributed by atoms with van der Waals surface area (Å²) in [6.07, 6.45) is 5.30. The third-order valence-corrected chi connectivity index (χ3v) is 5.16. The highest BCUT2D eigenvalue weighted by Gasteiger charge is 2.27. The zero-order valence-corrected chi connectivity index (χ0v) is 13.0. The second kappa shape index (κ2) is 6.97. The lowest BCUT2D eigenvalue weighted by Crippen LogP contribution is -2.44. The molecule has 1 aliphatic carbocycles. The zero-order valence-electron chi connectivity index (χ0n) is 12.1. The van der Waals surface area contributed by atoms with Crippen LogP contribution in [0.5, 0.6) is 0 Å². The summed E-state index contributed by atoms with van der Waals surface area (Å²) in [5.74, 6) is 2.31. The number of carbonyl (C=O) groups is 1. The molecule has 1 aromatic rings. The predicted molar refractivity (Wildman–Crippen MR) is 83.5 cm³/mol. The quantitative estimate of drug-likeness (QED) is 0.838. The zero-order chi connectivity index (χ0) is 14.5. The van der Waals surface area contributed by atoms with Gasteiger partial charge >= 0.3 is 0 Å². The van der Waals surface area contributed by atoms with Crippen molar-refractivity contribution in [2.24, 2.45) is 11.8 Å². The molecule has 0 radical (unpaired) electrons. The van der Waals surface area contributed by atoms with E-state index in [1.807, 2.05) is 6.07 Å². The summed E-state index contributed by atoms with van der Waals surface area (Å²) in [7, 11) is 0. The van der Waals surface area contributed by atoms with Crippen LogP contribution in [0.4, 0.5) is 5.82 Å². The summed E-state index contributed by atoms with van der Waals surface area (Å²) < 4.78 is 0. The Balaban J connectivity index is 1.79. The van der Waals surface area contributed by atoms with Crippen LogP contribution >= 0.6 is 11.8 Å². The van der Waals surface area contributed by atoms with Crippen molar-refractivity contribution < 1.29 is 4.79 Å². The topological polar surface area (TPSA) is 68.0 Å². The molecule has 1 aromatic heterocycles. The highest BCUT2D eigenvalue weighted by Crippen LogP contribution is 2.29. The summed E-state index contributed by atoms with van der Waals surface area (Å²) in [6.45, 7) is 4.52. The number of rotatable bonds is 4. The number of carbonyl (C=O) groups excluding carboxylic acids is 1. The lowest BCUT2D eigenvalue weighted by molar-refractivity contribution is -0.119. The monoisotopic (exact) mass is 293 g/mol. The molecule has 3 atom stereocenters. The molecule has 3 unspecified atom stereocenters. The minimum Gasteiger partial charge on any atom is -0.384 e. The first kappa shape index (κ1) is 15.2. The number of thioether (sulfide) groups is 1. The Labute approximate surface area is 124 Å². The molecule has 5 heteroatoms. The van der Waals surface area contributed by atoms with E-state index in [-0.39, 0.29) is 5.91 Å². The molecule has 110 valence electrons. The Morgan fingerprint density at radius 3 is 2.95 bits per heavy atom. The minimum absolute atomic E-state index is 0.109. The average molecular weight is 293 g/mol. The molecule has 1 aliphatic rings. The molecule has 0 aromatic carbocycles. The fourth-order valence-corrected chi connectivity index (χ4v) is 3.33. The number of anilines is 1. The number of amides is 1. The maximum absolute atomic E-state index is 12.0. The van der Waals surface area contributed by atoms with Crippen LogP contribution in [0.1, 0.15) is 33.1 Å². The Kier molecular flexibility index (Phi) is 5.29. The minimum atomic E-state index is 0.109. The Hall–Kier alpha value is -1.23. The molecule has 2 rings (SSSR count). The second-order valence-electron chi connectivity index (χ2n) is 5.65. The van der Waals surface area contributed by atoms with Crippen molar-refractivity contribution in [1.29, 1.82) is 0 Å².